The van der Waals surface area contributed by atoms with Gasteiger partial charge in [0.2, 0.25) is 0 Å². The van der Waals surface area contributed by atoms with Gasteiger partial charge in [0.25, 0.3) is 0 Å². The van der Waals surface area contributed by atoms with Gasteiger partial charge in [-0.25, -0.2) is 0 Å². The van der Waals surface area contributed by atoms with Gasteiger partial charge in [0.15, 0.2) is 0 Å². The van der Waals surface area contributed by atoms with Crippen LogP contribution in [0.1, 0.15) is 0 Å². The van der Waals surface area contributed by atoms with E-state index in [1.807, 2.05) is 0 Å². The Labute approximate surface area is 42.4 Å². The molecule has 40 valence electrons. The molecule has 0 spiro atoms. The van der Waals surface area contributed by atoms with Crippen LogP contribution in [-0.2, 0) is 4.74 Å². The molecule has 0 radical (unpaired) electrons. The molecule has 1 aliphatic heterocycles. The standard InChI is InChI=1S/C5H8O2/c6-2-1-5-3-7-4-5/h1,6H,2-4H2. The summed E-state index contributed by atoms with van der Waals surface area (Å²) in [5, 5.41) is 8.27. The fraction of sp³-hybridized carbons (Fsp3) is 0.600. The second-order valence-corrected chi connectivity index (χ2v) is 1.54. The average molecular weight is 100 g/mol. The zero-order chi connectivity index (χ0) is 5.11. The van der Waals surface area contributed by atoms with Crippen molar-refractivity contribution >= 4 is 0 Å². The highest BCUT2D eigenvalue weighted by atomic mass is 16.5. The van der Waals surface area contributed by atoms with Gasteiger partial charge in [-0.05, 0) is 5.57 Å². The molecule has 0 saturated carbocycles. The highest BCUT2D eigenvalue weighted by Crippen LogP contribution is 2.05. The van der Waals surface area contributed by atoms with Gasteiger partial charge in [-0.2, -0.15) is 0 Å². The lowest BCUT2D eigenvalue weighted by Gasteiger charge is -2.16. The highest BCUT2D eigenvalue weighted by molar-refractivity contribution is 5.08. The molecule has 0 aromatic carbocycles. The lowest BCUT2D eigenvalue weighted by molar-refractivity contribution is 0.101. The van der Waals surface area contributed by atoms with Crippen molar-refractivity contribution in [2.24, 2.45) is 0 Å². The first-order valence-corrected chi connectivity index (χ1v) is 2.30. The van der Waals surface area contributed by atoms with Crippen LogP contribution < -0.4 is 0 Å². The first kappa shape index (κ1) is 4.81. The van der Waals surface area contributed by atoms with E-state index in [-0.39, 0.29) is 6.61 Å². The van der Waals surface area contributed by atoms with E-state index < -0.39 is 0 Å². The van der Waals surface area contributed by atoms with Crippen molar-refractivity contribution in [3.63, 3.8) is 0 Å². The van der Waals surface area contributed by atoms with Gasteiger partial charge >= 0.3 is 0 Å². The van der Waals surface area contributed by atoms with E-state index >= 15 is 0 Å². The fourth-order valence-corrected chi connectivity index (χ4v) is 0.467. The molecule has 1 saturated heterocycles. The zero-order valence-corrected chi connectivity index (χ0v) is 4.05. The highest BCUT2D eigenvalue weighted by Gasteiger charge is 2.05. The first-order valence-electron chi connectivity index (χ1n) is 2.30. The molecule has 0 unspecified atom stereocenters. The number of rotatable bonds is 1. The van der Waals surface area contributed by atoms with Crippen LogP contribution in [0.15, 0.2) is 11.6 Å². The summed E-state index contributed by atoms with van der Waals surface area (Å²) < 4.78 is 4.81. The predicted molar refractivity (Wildman–Crippen MR) is 26.0 cm³/mol. The van der Waals surface area contributed by atoms with Crippen LogP contribution in [0.3, 0.4) is 0 Å². The molecular weight excluding hydrogens is 92.1 g/mol. The third-order valence-corrected chi connectivity index (χ3v) is 0.955. The molecular formula is C5H8O2. The van der Waals surface area contributed by atoms with Crippen molar-refractivity contribution in [2.45, 2.75) is 0 Å². The molecule has 1 fully saturated rings. The lowest BCUT2D eigenvalue weighted by atomic mass is 10.2. The summed E-state index contributed by atoms with van der Waals surface area (Å²) in [5.74, 6) is 0. The molecule has 2 nitrogen and oxygen atoms in total. The minimum Gasteiger partial charge on any atom is -0.392 e. The quantitative estimate of drug-likeness (QED) is 0.467. The van der Waals surface area contributed by atoms with Crippen molar-refractivity contribution in [3.05, 3.63) is 11.6 Å². The van der Waals surface area contributed by atoms with Gasteiger partial charge in [-0.1, -0.05) is 6.08 Å². The van der Waals surface area contributed by atoms with Gasteiger partial charge in [0.1, 0.15) is 0 Å². The monoisotopic (exact) mass is 100 g/mol. The minimum absolute atomic E-state index is 0.151. The third kappa shape index (κ3) is 1.01. The fourth-order valence-electron chi connectivity index (χ4n) is 0.467. The number of hydrogen-bond donors (Lipinski definition) is 1. The van der Waals surface area contributed by atoms with E-state index in [0.717, 1.165) is 13.2 Å². The Morgan fingerprint density at radius 3 is 2.57 bits per heavy atom. The van der Waals surface area contributed by atoms with Gasteiger partial charge in [-0.15, -0.1) is 0 Å². The van der Waals surface area contributed by atoms with Crippen molar-refractivity contribution in [1.82, 2.24) is 0 Å². The summed E-state index contributed by atoms with van der Waals surface area (Å²) >= 11 is 0. The van der Waals surface area contributed by atoms with E-state index in [2.05, 4.69) is 0 Å². The number of ether oxygens (including phenoxy) is 1. The van der Waals surface area contributed by atoms with Gasteiger partial charge in [0.05, 0.1) is 19.8 Å². The molecule has 0 amide bonds. The SMILES string of the molecule is OCC=C1COC1. The van der Waals surface area contributed by atoms with Crippen LogP contribution in [0.4, 0.5) is 0 Å². The maximum atomic E-state index is 8.27. The molecule has 0 aliphatic carbocycles. The normalized spacial score (nSPS) is 18.7. The van der Waals surface area contributed by atoms with Crippen LogP contribution in [0, 0.1) is 0 Å². The second-order valence-electron chi connectivity index (χ2n) is 1.54. The predicted octanol–water partition coefficient (Wildman–Crippen LogP) is -0.0647. The second kappa shape index (κ2) is 2.09. The number of aliphatic hydroxyl groups is 1. The van der Waals surface area contributed by atoms with E-state index in [4.69, 9.17) is 9.84 Å². The van der Waals surface area contributed by atoms with Gasteiger partial charge in [0, 0.05) is 0 Å². The Morgan fingerprint density at radius 2 is 2.43 bits per heavy atom. The smallest absolute Gasteiger partial charge is 0.0704 e. The van der Waals surface area contributed by atoms with Crippen LogP contribution in [0.2, 0.25) is 0 Å². The molecule has 0 atom stereocenters. The summed E-state index contributed by atoms with van der Waals surface area (Å²) in [6, 6.07) is 0. The van der Waals surface area contributed by atoms with E-state index in [0.29, 0.717) is 0 Å². The van der Waals surface area contributed by atoms with Crippen molar-refractivity contribution in [2.75, 3.05) is 19.8 Å². The molecule has 0 aromatic heterocycles. The molecule has 1 heterocycles. The topological polar surface area (TPSA) is 29.5 Å². The van der Waals surface area contributed by atoms with Crippen LogP contribution in [0.25, 0.3) is 0 Å². The minimum atomic E-state index is 0.151. The zero-order valence-electron chi connectivity index (χ0n) is 4.05. The number of aliphatic hydroxyl groups excluding tert-OH is 1. The summed E-state index contributed by atoms with van der Waals surface area (Å²) in [6.07, 6.45) is 1.78. The molecule has 0 aromatic rings. The molecule has 1 aliphatic rings. The Hall–Kier alpha value is -0.340. The van der Waals surface area contributed by atoms with Crippen LogP contribution >= 0.6 is 0 Å². The van der Waals surface area contributed by atoms with Gasteiger partial charge < -0.3 is 9.84 Å². The van der Waals surface area contributed by atoms with E-state index in [9.17, 15) is 0 Å². The third-order valence-electron chi connectivity index (χ3n) is 0.955. The maximum absolute atomic E-state index is 8.27. The molecule has 1 rings (SSSR count). The van der Waals surface area contributed by atoms with Gasteiger partial charge in [-0.3, -0.25) is 0 Å². The van der Waals surface area contributed by atoms with E-state index in [1.54, 1.807) is 6.08 Å². The molecule has 2 heteroatoms. The Bertz CT molecular complexity index is 80.1. The largest absolute Gasteiger partial charge is 0.392 e. The molecule has 1 N–H and O–H groups in total. The Balaban J connectivity index is 2.23. The van der Waals surface area contributed by atoms with E-state index in [1.165, 1.54) is 5.57 Å². The summed E-state index contributed by atoms with van der Waals surface area (Å²) in [4.78, 5) is 0. The maximum Gasteiger partial charge on any atom is 0.0704 e. The van der Waals surface area contributed by atoms with Crippen molar-refractivity contribution in [3.8, 4) is 0 Å². The summed E-state index contributed by atoms with van der Waals surface area (Å²) in [6.45, 7) is 1.60. The summed E-state index contributed by atoms with van der Waals surface area (Å²) in [5.41, 5.74) is 1.21. The van der Waals surface area contributed by atoms with Crippen molar-refractivity contribution < 1.29 is 9.84 Å². The Morgan fingerprint density at radius 1 is 1.71 bits per heavy atom. The molecule has 0 bridgehead atoms. The van der Waals surface area contributed by atoms with Crippen LogP contribution in [0.5, 0.6) is 0 Å². The molecule has 7 heavy (non-hydrogen) atoms. The Kier molecular flexibility index (Phi) is 1.44. The average Bonchev–Trinajstić information content (AvgIpc) is 1.55. The van der Waals surface area contributed by atoms with Crippen LogP contribution in [-0.4, -0.2) is 24.9 Å². The number of hydrogen-bond acceptors (Lipinski definition) is 2. The lowest BCUT2D eigenvalue weighted by Crippen LogP contribution is -2.16. The van der Waals surface area contributed by atoms with Crippen molar-refractivity contribution in [1.29, 1.82) is 0 Å². The first-order chi connectivity index (χ1) is 3.43. The summed E-state index contributed by atoms with van der Waals surface area (Å²) in [7, 11) is 0.